The van der Waals surface area contributed by atoms with Crippen LogP contribution in [0.3, 0.4) is 0 Å². The van der Waals surface area contributed by atoms with Crippen molar-refractivity contribution in [2.24, 2.45) is 17.7 Å². The highest BCUT2D eigenvalue weighted by Crippen LogP contribution is 2.39. The lowest BCUT2D eigenvalue weighted by Crippen LogP contribution is -2.33. The van der Waals surface area contributed by atoms with Crippen LogP contribution in [0.2, 0.25) is 0 Å². The molecule has 2 rings (SSSR count). The molecule has 0 aromatic heterocycles. The molecule has 3 N–H and O–H groups in total. The van der Waals surface area contributed by atoms with Crippen LogP contribution in [0.25, 0.3) is 0 Å². The standard InChI is InChI=1S/C13H18F2N2/c1-8-2-3-9(6-8)13(17-16)11-7-10(14)4-5-12(11)15/h4-5,7-9,13,17H,2-3,6,16H2,1H3. The average Bonchev–Trinajstić information content (AvgIpc) is 2.71. The summed E-state index contributed by atoms with van der Waals surface area (Å²) < 4.78 is 26.9. The number of benzene rings is 1. The summed E-state index contributed by atoms with van der Waals surface area (Å²) in [5.74, 6) is 5.61. The maximum Gasteiger partial charge on any atom is 0.128 e. The lowest BCUT2D eigenvalue weighted by atomic mass is 9.91. The first-order chi connectivity index (χ1) is 8.11. The Kier molecular flexibility index (Phi) is 3.74. The van der Waals surface area contributed by atoms with Gasteiger partial charge in [-0.3, -0.25) is 11.3 Å². The minimum absolute atomic E-state index is 0.284. The fraction of sp³-hybridized carbons (Fsp3) is 0.538. The number of halogens is 2. The molecule has 3 atom stereocenters. The Morgan fingerprint density at radius 3 is 2.71 bits per heavy atom. The molecule has 3 unspecified atom stereocenters. The highest BCUT2D eigenvalue weighted by atomic mass is 19.1. The van der Waals surface area contributed by atoms with Crippen LogP contribution in [-0.4, -0.2) is 0 Å². The maximum atomic E-state index is 13.7. The third-order valence-corrected chi connectivity index (χ3v) is 3.68. The van der Waals surface area contributed by atoms with Crippen LogP contribution < -0.4 is 11.3 Å². The summed E-state index contributed by atoms with van der Waals surface area (Å²) in [5.41, 5.74) is 2.98. The molecule has 1 aromatic carbocycles. The normalized spacial score (nSPS) is 26.1. The summed E-state index contributed by atoms with van der Waals surface area (Å²) in [6, 6.07) is 3.23. The van der Waals surface area contributed by atoms with Gasteiger partial charge in [0.05, 0.1) is 6.04 Å². The molecule has 2 nitrogen and oxygen atoms in total. The van der Waals surface area contributed by atoms with Gasteiger partial charge in [0.25, 0.3) is 0 Å². The van der Waals surface area contributed by atoms with Gasteiger partial charge in [0.15, 0.2) is 0 Å². The number of nitrogens with two attached hydrogens (primary N) is 1. The predicted octanol–water partition coefficient (Wildman–Crippen LogP) is 2.91. The lowest BCUT2D eigenvalue weighted by Gasteiger charge is -2.23. The highest BCUT2D eigenvalue weighted by molar-refractivity contribution is 5.23. The van der Waals surface area contributed by atoms with E-state index in [1.165, 1.54) is 6.07 Å². The first-order valence-corrected chi connectivity index (χ1v) is 6.03. The van der Waals surface area contributed by atoms with Crippen LogP contribution in [0.5, 0.6) is 0 Å². The fourth-order valence-electron chi connectivity index (χ4n) is 2.79. The molecule has 17 heavy (non-hydrogen) atoms. The molecule has 1 fully saturated rings. The van der Waals surface area contributed by atoms with Gasteiger partial charge in [-0.1, -0.05) is 13.3 Å². The van der Waals surface area contributed by atoms with Gasteiger partial charge in [0.1, 0.15) is 11.6 Å². The highest BCUT2D eigenvalue weighted by Gasteiger charge is 2.30. The van der Waals surface area contributed by atoms with E-state index in [2.05, 4.69) is 12.3 Å². The maximum absolute atomic E-state index is 13.7. The number of nitrogens with one attached hydrogen (secondary N) is 1. The van der Waals surface area contributed by atoms with Gasteiger partial charge in [-0.05, 0) is 42.9 Å². The summed E-state index contributed by atoms with van der Waals surface area (Å²) >= 11 is 0. The zero-order valence-corrected chi connectivity index (χ0v) is 9.92. The Morgan fingerprint density at radius 1 is 1.35 bits per heavy atom. The van der Waals surface area contributed by atoms with E-state index in [0.717, 1.165) is 31.4 Å². The smallest absolute Gasteiger partial charge is 0.128 e. The van der Waals surface area contributed by atoms with Crippen molar-refractivity contribution in [1.82, 2.24) is 5.43 Å². The van der Waals surface area contributed by atoms with Crippen LogP contribution in [-0.2, 0) is 0 Å². The average molecular weight is 240 g/mol. The first kappa shape index (κ1) is 12.5. The zero-order valence-electron chi connectivity index (χ0n) is 9.92. The van der Waals surface area contributed by atoms with Crippen LogP contribution in [0.1, 0.15) is 37.8 Å². The van der Waals surface area contributed by atoms with Gasteiger partial charge < -0.3 is 0 Å². The first-order valence-electron chi connectivity index (χ1n) is 6.03. The molecule has 1 aliphatic carbocycles. The van der Waals surface area contributed by atoms with Gasteiger partial charge in [-0.2, -0.15) is 0 Å². The zero-order chi connectivity index (χ0) is 12.4. The lowest BCUT2D eigenvalue weighted by molar-refractivity contribution is 0.352. The molecule has 0 bridgehead atoms. The second-order valence-corrected chi connectivity index (χ2v) is 4.99. The molecule has 0 saturated heterocycles. The molecule has 94 valence electrons. The Morgan fingerprint density at radius 2 is 2.12 bits per heavy atom. The third kappa shape index (κ3) is 2.64. The van der Waals surface area contributed by atoms with E-state index in [-0.39, 0.29) is 12.0 Å². The largest absolute Gasteiger partial charge is 0.271 e. The van der Waals surface area contributed by atoms with Gasteiger partial charge >= 0.3 is 0 Å². The van der Waals surface area contributed by atoms with Crippen molar-refractivity contribution in [2.75, 3.05) is 0 Å². The molecule has 1 aromatic rings. The number of hydrogen-bond donors (Lipinski definition) is 2. The molecule has 1 aliphatic rings. The van der Waals surface area contributed by atoms with Crippen molar-refractivity contribution in [2.45, 2.75) is 32.2 Å². The Bertz CT molecular complexity index is 395. The molecule has 0 aliphatic heterocycles. The minimum atomic E-state index is -0.423. The molecule has 0 radical (unpaired) electrons. The van der Waals surface area contributed by atoms with Crippen molar-refractivity contribution in [1.29, 1.82) is 0 Å². The SMILES string of the molecule is CC1CCC(C(NN)c2cc(F)ccc2F)C1. The molecule has 0 amide bonds. The van der Waals surface area contributed by atoms with E-state index in [4.69, 9.17) is 5.84 Å². The van der Waals surface area contributed by atoms with E-state index >= 15 is 0 Å². The number of rotatable bonds is 3. The third-order valence-electron chi connectivity index (χ3n) is 3.68. The van der Waals surface area contributed by atoms with Crippen molar-refractivity contribution in [3.05, 3.63) is 35.4 Å². The summed E-state index contributed by atoms with van der Waals surface area (Å²) in [7, 11) is 0. The van der Waals surface area contributed by atoms with Crippen LogP contribution >= 0.6 is 0 Å². The molecule has 1 saturated carbocycles. The minimum Gasteiger partial charge on any atom is -0.271 e. The van der Waals surface area contributed by atoms with Crippen LogP contribution in [0.15, 0.2) is 18.2 Å². The van der Waals surface area contributed by atoms with Gasteiger partial charge in [-0.25, -0.2) is 8.78 Å². The van der Waals surface area contributed by atoms with E-state index in [0.29, 0.717) is 11.5 Å². The fourth-order valence-corrected chi connectivity index (χ4v) is 2.79. The summed E-state index contributed by atoms with van der Waals surface area (Å²) in [6.07, 6.45) is 3.14. The Labute approximate surface area is 100 Å². The summed E-state index contributed by atoms with van der Waals surface area (Å²) in [6.45, 7) is 2.18. The van der Waals surface area contributed by atoms with Crippen molar-refractivity contribution in [3.63, 3.8) is 0 Å². The van der Waals surface area contributed by atoms with Crippen LogP contribution in [0.4, 0.5) is 8.78 Å². The van der Waals surface area contributed by atoms with E-state index in [1.54, 1.807) is 0 Å². The van der Waals surface area contributed by atoms with E-state index < -0.39 is 11.6 Å². The van der Waals surface area contributed by atoms with E-state index in [1.807, 2.05) is 0 Å². The Balaban J connectivity index is 2.25. The van der Waals surface area contributed by atoms with Crippen molar-refractivity contribution >= 4 is 0 Å². The van der Waals surface area contributed by atoms with Gasteiger partial charge in [0.2, 0.25) is 0 Å². The van der Waals surface area contributed by atoms with Gasteiger partial charge in [0, 0.05) is 5.56 Å². The Hall–Kier alpha value is -1.00. The molecule has 0 spiro atoms. The van der Waals surface area contributed by atoms with Crippen LogP contribution in [0, 0.1) is 23.5 Å². The topological polar surface area (TPSA) is 38.0 Å². The number of hydrazine groups is 1. The monoisotopic (exact) mass is 240 g/mol. The van der Waals surface area contributed by atoms with Crippen molar-refractivity contribution < 1.29 is 8.78 Å². The van der Waals surface area contributed by atoms with Crippen molar-refractivity contribution in [3.8, 4) is 0 Å². The number of hydrogen-bond acceptors (Lipinski definition) is 2. The second-order valence-electron chi connectivity index (χ2n) is 4.99. The molecular weight excluding hydrogens is 222 g/mol. The second kappa shape index (κ2) is 5.10. The molecular formula is C13H18F2N2. The van der Waals surface area contributed by atoms with E-state index in [9.17, 15) is 8.78 Å². The predicted molar refractivity (Wildman–Crippen MR) is 62.9 cm³/mol. The summed E-state index contributed by atoms with van der Waals surface area (Å²) in [5, 5.41) is 0. The van der Waals surface area contributed by atoms with Gasteiger partial charge in [-0.15, -0.1) is 0 Å². The quantitative estimate of drug-likeness (QED) is 0.629. The summed E-state index contributed by atoms with van der Waals surface area (Å²) in [4.78, 5) is 0. The molecule has 4 heteroatoms. The molecule has 0 heterocycles.